The van der Waals surface area contributed by atoms with Crippen molar-refractivity contribution in [2.24, 2.45) is 11.8 Å². The molecular formula is C26H27N5O3. The van der Waals surface area contributed by atoms with E-state index in [0.29, 0.717) is 29.1 Å². The molecule has 0 spiro atoms. The van der Waals surface area contributed by atoms with Crippen LogP contribution in [0.15, 0.2) is 60.9 Å². The fourth-order valence-corrected chi connectivity index (χ4v) is 4.43. The minimum Gasteiger partial charge on any atom is -0.478 e. The highest BCUT2D eigenvalue weighted by Gasteiger charge is 2.25. The maximum Gasteiger partial charge on any atom is 0.338 e. The Labute approximate surface area is 197 Å². The number of fused-ring (bicyclic) bond motifs is 1. The van der Waals surface area contributed by atoms with Crippen molar-refractivity contribution in [3.8, 4) is 17.4 Å². The number of rotatable bonds is 6. The zero-order valence-electron chi connectivity index (χ0n) is 19.3. The number of carboxylic acids is 1. The van der Waals surface area contributed by atoms with Gasteiger partial charge in [0.05, 0.1) is 17.3 Å². The summed E-state index contributed by atoms with van der Waals surface area (Å²) in [6.45, 7) is 6.39. The molecule has 8 nitrogen and oxygen atoms in total. The maximum atomic E-state index is 11.4. The van der Waals surface area contributed by atoms with E-state index >= 15 is 0 Å². The van der Waals surface area contributed by atoms with Gasteiger partial charge in [-0.1, -0.05) is 32.0 Å². The summed E-state index contributed by atoms with van der Waals surface area (Å²) in [6, 6.07) is 15.4. The first-order valence-corrected chi connectivity index (χ1v) is 11.6. The number of hydrogen-bond donors (Lipinski definition) is 1. The summed E-state index contributed by atoms with van der Waals surface area (Å²) in [4.78, 5) is 23.2. The molecule has 0 saturated carbocycles. The lowest BCUT2D eigenvalue weighted by Gasteiger charge is -2.35. The predicted octanol–water partition coefficient (Wildman–Crippen LogP) is 5.18. The first-order valence-electron chi connectivity index (χ1n) is 11.6. The largest absolute Gasteiger partial charge is 0.478 e. The average molecular weight is 458 g/mol. The second-order valence-corrected chi connectivity index (χ2v) is 8.99. The number of piperidine rings is 1. The van der Waals surface area contributed by atoms with Gasteiger partial charge in [0.15, 0.2) is 0 Å². The minimum absolute atomic E-state index is 0.0872. The van der Waals surface area contributed by atoms with Crippen LogP contribution in [-0.4, -0.2) is 43.9 Å². The fourth-order valence-electron chi connectivity index (χ4n) is 4.43. The molecule has 1 aliphatic heterocycles. The van der Waals surface area contributed by atoms with Crippen molar-refractivity contribution >= 4 is 22.7 Å². The molecule has 0 radical (unpaired) electrons. The van der Waals surface area contributed by atoms with E-state index in [4.69, 9.17) is 14.7 Å². The van der Waals surface area contributed by atoms with Crippen LogP contribution in [0.2, 0.25) is 0 Å². The molecule has 0 amide bonds. The summed E-state index contributed by atoms with van der Waals surface area (Å²) in [6.07, 6.45) is 4.96. The third kappa shape index (κ3) is 4.44. The van der Waals surface area contributed by atoms with E-state index in [9.17, 15) is 9.90 Å². The average Bonchev–Trinajstić information content (AvgIpc) is 3.35. The Hall–Kier alpha value is -3.94. The van der Waals surface area contributed by atoms with E-state index in [1.165, 1.54) is 17.1 Å². The SMILES string of the molecule is CC(C)C1CCN(c2nc(-n3cc(C(=O)O)cn3)nc3cc(Oc4ccccc4)ccc23)CC1. The molecule has 8 heteroatoms. The second kappa shape index (κ2) is 9.13. The first kappa shape index (κ1) is 21.9. The van der Waals surface area contributed by atoms with E-state index in [1.54, 1.807) is 0 Å². The molecule has 2 aromatic carbocycles. The lowest BCUT2D eigenvalue weighted by molar-refractivity contribution is 0.0697. The molecular weight excluding hydrogens is 430 g/mol. The van der Waals surface area contributed by atoms with Gasteiger partial charge in [0.1, 0.15) is 17.3 Å². The van der Waals surface area contributed by atoms with Crippen molar-refractivity contribution in [2.75, 3.05) is 18.0 Å². The van der Waals surface area contributed by atoms with Gasteiger partial charge >= 0.3 is 5.97 Å². The number of aromatic nitrogens is 4. The van der Waals surface area contributed by atoms with Gasteiger partial charge in [-0.3, -0.25) is 0 Å². The van der Waals surface area contributed by atoms with Crippen LogP contribution in [0.4, 0.5) is 5.82 Å². The standard InChI is InChI=1S/C26H27N5O3/c1-17(2)18-10-12-30(13-11-18)24-22-9-8-21(34-20-6-4-3-5-7-20)14-23(22)28-26(29-24)31-16-19(15-27-31)25(32)33/h3-9,14-18H,10-13H2,1-2H3,(H,32,33). The fraction of sp³-hybridized carbons (Fsp3) is 0.308. The molecule has 1 saturated heterocycles. The molecule has 4 aromatic rings. The van der Waals surface area contributed by atoms with Crippen LogP contribution in [0.5, 0.6) is 11.5 Å². The molecule has 0 aliphatic carbocycles. The zero-order chi connectivity index (χ0) is 23.7. The highest BCUT2D eigenvalue weighted by atomic mass is 16.5. The van der Waals surface area contributed by atoms with Crippen molar-refractivity contribution < 1.29 is 14.6 Å². The van der Waals surface area contributed by atoms with Crippen LogP contribution < -0.4 is 9.64 Å². The van der Waals surface area contributed by atoms with Crippen LogP contribution in [0.3, 0.4) is 0 Å². The van der Waals surface area contributed by atoms with Gasteiger partial charge in [0.25, 0.3) is 5.95 Å². The number of anilines is 1. The van der Waals surface area contributed by atoms with E-state index in [-0.39, 0.29) is 5.56 Å². The molecule has 34 heavy (non-hydrogen) atoms. The van der Waals surface area contributed by atoms with E-state index < -0.39 is 5.97 Å². The lowest BCUT2D eigenvalue weighted by atomic mass is 9.86. The normalized spacial score (nSPS) is 14.6. The molecule has 3 heterocycles. The van der Waals surface area contributed by atoms with Gasteiger partial charge in [-0.05, 0) is 48.9 Å². The lowest BCUT2D eigenvalue weighted by Crippen LogP contribution is -2.36. The first-order chi connectivity index (χ1) is 16.5. The number of carboxylic acid groups (broad SMARTS) is 1. The number of aromatic carboxylic acids is 1. The molecule has 5 rings (SSSR count). The monoisotopic (exact) mass is 457 g/mol. The Balaban J connectivity index is 1.56. The molecule has 1 N–H and O–H groups in total. The van der Waals surface area contributed by atoms with E-state index in [1.807, 2.05) is 48.5 Å². The third-order valence-electron chi connectivity index (χ3n) is 6.43. The number of nitrogens with zero attached hydrogens (tertiary/aromatic N) is 5. The molecule has 0 unspecified atom stereocenters. The number of para-hydroxylation sites is 1. The molecule has 0 atom stereocenters. The number of hydrogen-bond acceptors (Lipinski definition) is 6. The zero-order valence-corrected chi connectivity index (χ0v) is 19.3. The summed E-state index contributed by atoms with van der Waals surface area (Å²) in [5.74, 6) is 2.90. The van der Waals surface area contributed by atoms with Gasteiger partial charge in [0.2, 0.25) is 0 Å². The van der Waals surface area contributed by atoms with Crippen LogP contribution in [0.1, 0.15) is 37.0 Å². The Morgan fingerprint density at radius 3 is 2.50 bits per heavy atom. The van der Waals surface area contributed by atoms with Crippen molar-refractivity contribution in [2.45, 2.75) is 26.7 Å². The van der Waals surface area contributed by atoms with Gasteiger partial charge in [-0.15, -0.1) is 0 Å². The Kier molecular flexibility index (Phi) is 5.88. The van der Waals surface area contributed by atoms with Crippen LogP contribution >= 0.6 is 0 Å². The van der Waals surface area contributed by atoms with Crippen molar-refractivity contribution in [1.29, 1.82) is 0 Å². The Morgan fingerprint density at radius 2 is 1.82 bits per heavy atom. The quantitative estimate of drug-likeness (QED) is 0.426. The molecule has 0 bridgehead atoms. The summed E-state index contributed by atoms with van der Waals surface area (Å²) in [5.41, 5.74) is 0.802. The summed E-state index contributed by atoms with van der Waals surface area (Å²) < 4.78 is 7.43. The van der Waals surface area contributed by atoms with Gasteiger partial charge in [-0.25, -0.2) is 14.5 Å². The second-order valence-electron chi connectivity index (χ2n) is 8.99. The molecule has 2 aromatic heterocycles. The molecule has 1 fully saturated rings. The molecule has 1 aliphatic rings. The third-order valence-corrected chi connectivity index (χ3v) is 6.43. The highest BCUT2D eigenvalue weighted by molar-refractivity contribution is 5.91. The maximum absolute atomic E-state index is 11.4. The number of benzene rings is 2. The van der Waals surface area contributed by atoms with E-state index in [0.717, 1.165) is 42.9 Å². The van der Waals surface area contributed by atoms with Crippen molar-refractivity contribution in [1.82, 2.24) is 19.7 Å². The van der Waals surface area contributed by atoms with Crippen molar-refractivity contribution in [3.63, 3.8) is 0 Å². The van der Waals surface area contributed by atoms with Crippen LogP contribution in [-0.2, 0) is 0 Å². The number of ether oxygens (including phenoxy) is 1. The van der Waals surface area contributed by atoms with Crippen molar-refractivity contribution in [3.05, 3.63) is 66.5 Å². The summed E-state index contributed by atoms with van der Waals surface area (Å²) in [5, 5.41) is 14.4. The predicted molar refractivity (Wildman–Crippen MR) is 130 cm³/mol. The van der Waals surface area contributed by atoms with Gasteiger partial charge in [-0.2, -0.15) is 10.1 Å². The van der Waals surface area contributed by atoms with Crippen LogP contribution in [0.25, 0.3) is 16.9 Å². The number of carbonyl (C=O) groups is 1. The highest BCUT2D eigenvalue weighted by Crippen LogP contribution is 2.33. The van der Waals surface area contributed by atoms with E-state index in [2.05, 4.69) is 23.8 Å². The van der Waals surface area contributed by atoms with Gasteiger partial charge in [0, 0.05) is 30.7 Å². The smallest absolute Gasteiger partial charge is 0.338 e. The minimum atomic E-state index is -1.04. The topological polar surface area (TPSA) is 93.4 Å². The Morgan fingerprint density at radius 1 is 1.06 bits per heavy atom. The summed E-state index contributed by atoms with van der Waals surface area (Å²) in [7, 11) is 0. The Bertz CT molecular complexity index is 1310. The molecule has 174 valence electrons. The summed E-state index contributed by atoms with van der Waals surface area (Å²) >= 11 is 0. The van der Waals surface area contributed by atoms with Gasteiger partial charge < -0.3 is 14.7 Å². The van der Waals surface area contributed by atoms with Crippen LogP contribution in [0, 0.1) is 11.8 Å².